The first-order valence-electron chi connectivity index (χ1n) is 18.3. The molecule has 0 bridgehead atoms. The predicted octanol–water partition coefficient (Wildman–Crippen LogP) is 6.90. The Morgan fingerprint density at radius 3 is 1.61 bits per heavy atom. The van der Waals surface area contributed by atoms with Gasteiger partial charge in [0.1, 0.15) is 12.7 Å². The van der Waals surface area contributed by atoms with Crippen molar-refractivity contribution in [2.45, 2.75) is 100 Å². The molecule has 0 spiro atoms. The normalized spacial score (nSPS) is 12.8. The fraction of sp³-hybridized carbons (Fsp3) is 0.421. The molecule has 0 saturated carbocycles. The lowest BCUT2D eigenvalue weighted by molar-refractivity contribution is 0.173. The second-order valence-electron chi connectivity index (χ2n) is 13.7. The molecule has 304 valence electrons. The predicted molar refractivity (Wildman–Crippen MR) is 233 cm³/mol. The number of aryl methyl sites for hydroxylation is 3. The van der Waals surface area contributed by atoms with Gasteiger partial charge in [-0.2, -0.15) is 0 Å². The summed E-state index contributed by atoms with van der Waals surface area (Å²) in [7, 11) is 0. The van der Waals surface area contributed by atoms with Gasteiger partial charge in [-0.3, -0.25) is 0 Å². The molecule has 0 unspecified atom stereocenters. The molecular weight excluding hydrogens is 880 g/mol. The largest absolute Gasteiger partial charge is 0.454 e. The van der Waals surface area contributed by atoms with E-state index in [4.69, 9.17) is 40.4 Å². The van der Waals surface area contributed by atoms with Gasteiger partial charge in [0.15, 0.2) is 67.3 Å². The van der Waals surface area contributed by atoms with E-state index in [9.17, 15) is 0 Å². The van der Waals surface area contributed by atoms with E-state index < -0.39 is 0 Å². The van der Waals surface area contributed by atoms with E-state index in [1.54, 1.807) is 23.5 Å². The molecule has 0 atom stereocenters. The summed E-state index contributed by atoms with van der Waals surface area (Å²) in [6.07, 6.45) is 4.89. The lowest BCUT2D eigenvalue weighted by Gasteiger charge is -2.11. The Balaban J connectivity index is 0.000000189. The quantitative estimate of drug-likeness (QED) is 0.0649. The van der Waals surface area contributed by atoms with Crippen LogP contribution in [0, 0.1) is 10.5 Å². The van der Waals surface area contributed by atoms with Gasteiger partial charge in [-0.25, -0.2) is 29.9 Å². The van der Waals surface area contributed by atoms with Crippen molar-refractivity contribution < 1.29 is 18.9 Å². The van der Waals surface area contributed by atoms with Crippen LogP contribution < -0.4 is 41.0 Å². The van der Waals surface area contributed by atoms with Crippen LogP contribution in [0.1, 0.15) is 53.5 Å². The Hall–Kier alpha value is -4.31. The number of anilines is 2. The zero-order valence-electron chi connectivity index (χ0n) is 31.8. The third-order valence-electron chi connectivity index (χ3n) is 8.77. The maximum Gasteiger partial charge on any atom is 0.231 e. The van der Waals surface area contributed by atoms with E-state index in [0.717, 1.165) is 103 Å². The molecule has 0 saturated heterocycles. The van der Waals surface area contributed by atoms with Gasteiger partial charge in [0.25, 0.3) is 0 Å². The highest BCUT2D eigenvalue weighted by Crippen LogP contribution is 2.43. The van der Waals surface area contributed by atoms with Crippen LogP contribution in [-0.4, -0.2) is 77.8 Å². The number of rotatable bonds is 14. The van der Waals surface area contributed by atoms with Gasteiger partial charge in [0.2, 0.25) is 13.6 Å². The van der Waals surface area contributed by atoms with Crippen LogP contribution in [0.4, 0.5) is 11.6 Å². The van der Waals surface area contributed by atoms with Crippen molar-refractivity contribution in [3.8, 4) is 23.0 Å². The van der Waals surface area contributed by atoms with Crippen molar-refractivity contribution in [1.82, 2.24) is 49.7 Å². The number of hydrogen-bond donors (Lipinski definition) is 4. The third kappa shape index (κ3) is 9.87. The van der Waals surface area contributed by atoms with Crippen LogP contribution >= 0.6 is 46.1 Å². The van der Waals surface area contributed by atoms with Crippen molar-refractivity contribution in [1.29, 1.82) is 0 Å². The fourth-order valence-corrected chi connectivity index (χ4v) is 8.71. The highest BCUT2D eigenvalue weighted by atomic mass is 127. The molecule has 0 amide bonds. The molecule has 0 radical (unpaired) electrons. The van der Waals surface area contributed by atoms with Gasteiger partial charge in [0, 0.05) is 38.5 Å². The monoisotopic (exact) mass is 928 g/mol. The van der Waals surface area contributed by atoms with Gasteiger partial charge >= 0.3 is 0 Å². The summed E-state index contributed by atoms with van der Waals surface area (Å²) >= 11 is 5.45. The molecule has 57 heavy (non-hydrogen) atoms. The number of nitrogens with one attached hydrogen (secondary N) is 2. The zero-order valence-corrected chi connectivity index (χ0v) is 35.6. The summed E-state index contributed by atoms with van der Waals surface area (Å²) in [5.41, 5.74) is 16.0. The first-order valence-corrected chi connectivity index (χ1v) is 21.0. The topological polar surface area (TPSA) is 200 Å². The number of aromatic nitrogens is 8. The van der Waals surface area contributed by atoms with Gasteiger partial charge < -0.3 is 50.2 Å². The number of ether oxygens (including phenoxy) is 4. The Bertz CT molecular complexity index is 2180. The lowest BCUT2D eigenvalue weighted by Crippen LogP contribution is -2.24. The molecule has 6 heterocycles. The van der Waals surface area contributed by atoms with Gasteiger partial charge in [0.05, 0.1) is 0 Å². The van der Waals surface area contributed by atoms with E-state index in [2.05, 4.69) is 96.9 Å². The van der Waals surface area contributed by atoms with Crippen molar-refractivity contribution >= 4 is 80.1 Å². The molecule has 2 aromatic carbocycles. The smallest absolute Gasteiger partial charge is 0.231 e. The van der Waals surface area contributed by atoms with Crippen molar-refractivity contribution in [3.63, 3.8) is 0 Å². The number of fused-ring (bicyclic) bond motifs is 4. The van der Waals surface area contributed by atoms with E-state index in [0.29, 0.717) is 34.8 Å². The molecule has 19 heteroatoms. The summed E-state index contributed by atoms with van der Waals surface area (Å²) in [5.74, 6) is 3.86. The maximum absolute atomic E-state index is 6.04. The number of imidazole rings is 2. The van der Waals surface area contributed by atoms with E-state index >= 15 is 0 Å². The molecule has 6 aromatic rings. The van der Waals surface area contributed by atoms with Crippen LogP contribution in [0.25, 0.3) is 22.3 Å². The SMILES string of the molecule is C.CC(C)NCCCn1c(Sc2cc3c(cc2I)OCO3)nc2c(N)ncnc21.Cc1cc2c(cc1Sc1nc3c(N)ncnc3n1CCCNC(C)C)OCO2. The van der Waals surface area contributed by atoms with E-state index in [1.165, 1.54) is 12.7 Å². The number of benzene rings is 2. The summed E-state index contributed by atoms with van der Waals surface area (Å²) in [6, 6.07) is 8.90. The van der Waals surface area contributed by atoms with Crippen LogP contribution in [0.2, 0.25) is 0 Å². The number of hydrogen-bond acceptors (Lipinski definition) is 16. The van der Waals surface area contributed by atoms with E-state index in [-0.39, 0.29) is 21.0 Å². The minimum absolute atomic E-state index is 0. The summed E-state index contributed by atoms with van der Waals surface area (Å²) < 4.78 is 27.3. The molecule has 6 N–H and O–H groups in total. The average molecular weight is 929 g/mol. The second kappa shape index (κ2) is 19.0. The summed E-state index contributed by atoms with van der Waals surface area (Å²) in [5, 5.41) is 8.57. The van der Waals surface area contributed by atoms with Gasteiger partial charge in [-0.1, -0.05) is 58.6 Å². The molecule has 2 aliphatic heterocycles. The average Bonchev–Trinajstić information content (AvgIpc) is 3.96. The number of nitrogens with two attached hydrogens (primary N) is 2. The Labute approximate surface area is 354 Å². The molecule has 0 fully saturated rings. The number of nitrogens with zero attached hydrogens (tertiary/aromatic N) is 8. The first-order chi connectivity index (χ1) is 27.0. The van der Waals surface area contributed by atoms with Gasteiger partial charge in [-0.15, -0.1) is 0 Å². The highest BCUT2D eigenvalue weighted by Gasteiger charge is 2.22. The molecule has 0 aliphatic carbocycles. The molecule has 16 nitrogen and oxygen atoms in total. The standard InChI is InChI=1S/C19H24N6O2S.C18H21IN6O2S.CH4/c1-11(2)21-5-4-6-25-18-16(17(20)22-9-23-18)24-19(25)28-15-8-14-13(7-12(15)3)26-10-27-14;1-10(2)21-4-3-5-25-17-15(16(20)22-8-23-17)24-18(25)28-14-7-13-12(6-11(14)19)26-9-27-13;/h7-9,11,21H,4-6,10H2,1-3H3,(H2,20,22,23);6-8,10,21H,3-5,9H2,1-2H3,(H2,20,22,23);1H4. The molecular formula is C38H49IN12O4S2. The minimum atomic E-state index is 0. The Kier molecular flexibility index (Phi) is 14.1. The van der Waals surface area contributed by atoms with Crippen LogP contribution in [0.15, 0.2) is 57.0 Å². The second-order valence-corrected chi connectivity index (χ2v) is 16.9. The minimum Gasteiger partial charge on any atom is -0.454 e. The van der Waals surface area contributed by atoms with Crippen LogP contribution in [0.5, 0.6) is 23.0 Å². The van der Waals surface area contributed by atoms with Gasteiger partial charge in [-0.05, 0) is 85.3 Å². The third-order valence-corrected chi connectivity index (χ3v) is 12.2. The summed E-state index contributed by atoms with van der Waals surface area (Å²) in [4.78, 5) is 28.6. The Morgan fingerprint density at radius 2 is 1.12 bits per heavy atom. The fourth-order valence-electron chi connectivity index (χ4n) is 5.99. The van der Waals surface area contributed by atoms with Crippen LogP contribution in [-0.2, 0) is 13.1 Å². The number of halogens is 1. The molecule has 2 aliphatic rings. The number of nitrogen functional groups attached to an aromatic ring is 2. The summed E-state index contributed by atoms with van der Waals surface area (Å²) in [6.45, 7) is 14.6. The van der Waals surface area contributed by atoms with Crippen molar-refractivity contribution in [2.75, 3.05) is 38.1 Å². The lowest BCUT2D eigenvalue weighted by atomic mass is 10.2. The van der Waals surface area contributed by atoms with Crippen LogP contribution in [0.3, 0.4) is 0 Å². The Morgan fingerprint density at radius 1 is 0.684 bits per heavy atom. The molecule has 4 aromatic heterocycles. The zero-order chi connectivity index (χ0) is 39.3. The van der Waals surface area contributed by atoms with Crippen molar-refractivity contribution in [2.24, 2.45) is 0 Å². The van der Waals surface area contributed by atoms with Crippen molar-refractivity contribution in [3.05, 3.63) is 46.1 Å². The molecule has 8 rings (SSSR count). The first kappa shape index (κ1) is 42.3. The highest BCUT2D eigenvalue weighted by molar-refractivity contribution is 14.1. The van der Waals surface area contributed by atoms with E-state index in [1.807, 2.05) is 24.3 Å². The maximum atomic E-state index is 6.04.